The zero-order valence-corrected chi connectivity index (χ0v) is 37.9. The molecule has 1 heterocycles. The molecule has 1 amide bonds. The van der Waals surface area contributed by atoms with Gasteiger partial charge in [-0.2, -0.15) is 8.42 Å². The van der Waals surface area contributed by atoms with Gasteiger partial charge in [0.1, 0.15) is 30.5 Å². The number of hydrogen-bond acceptors (Lipinski definition) is 11. The van der Waals surface area contributed by atoms with Crippen LogP contribution in [0.4, 0.5) is 0 Å². The zero-order valence-electron chi connectivity index (χ0n) is 37.1. The maximum Gasteiger partial charge on any atom is 0.397 e. The van der Waals surface area contributed by atoms with E-state index >= 15 is 0 Å². The van der Waals surface area contributed by atoms with Crippen molar-refractivity contribution in [3.63, 3.8) is 0 Å². The number of aliphatic hydroxyl groups excluding tert-OH is 5. The molecule has 0 saturated carbocycles. The third-order valence-corrected chi connectivity index (χ3v) is 11.5. The quantitative estimate of drug-likeness (QED) is 0.0178. The second kappa shape index (κ2) is 36.7. The number of hydrogen-bond donors (Lipinski definition) is 7. The lowest BCUT2D eigenvalue weighted by molar-refractivity contribution is -0.298. The van der Waals surface area contributed by atoms with Crippen LogP contribution in [-0.4, -0.2) is 107 Å². The highest BCUT2D eigenvalue weighted by molar-refractivity contribution is 7.80. The zero-order chi connectivity index (χ0) is 44.3. The Hall–Kier alpha value is -1.72. The molecule has 0 aromatic heterocycles. The summed E-state index contributed by atoms with van der Waals surface area (Å²) >= 11 is 0. The molecule has 7 N–H and O–H groups in total. The predicted octanol–water partition coefficient (Wildman–Crippen LogP) is 8.08. The molecule has 8 unspecified atom stereocenters. The Morgan fingerprint density at radius 1 is 0.667 bits per heavy atom. The van der Waals surface area contributed by atoms with Crippen molar-refractivity contribution in [3.05, 3.63) is 36.5 Å². The fourth-order valence-corrected chi connectivity index (χ4v) is 7.74. The summed E-state index contributed by atoms with van der Waals surface area (Å²) in [5, 5.41) is 55.2. The summed E-state index contributed by atoms with van der Waals surface area (Å²) in [6.07, 6.45) is 30.8. The minimum absolute atomic E-state index is 0.222. The molecule has 1 saturated heterocycles. The molecule has 1 aliphatic heterocycles. The molecule has 1 fully saturated rings. The number of aliphatic hydroxyl groups is 5. The second-order valence-electron chi connectivity index (χ2n) is 16.5. The Bertz CT molecular complexity index is 1230. The van der Waals surface area contributed by atoms with Crippen LogP contribution in [0.15, 0.2) is 36.5 Å². The summed E-state index contributed by atoms with van der Waals surface area (Å²) in [4.78, 5) is 13.1. The van der Waals surface area contributed by atoms with Crippen molar-refractivity contribution in [2.24, 2.45) is 0 Å². The normalized spacial score (nSPS) is 21.6. The third-order valence-electron chi connectivity index (χ3n) is 11.0. The number of carbonyl (C=O) groups is 1. The van der Waals surface area contributed by atoms with E-state index in [0.29, 0.717) is 12.8 Å². The molecule has 8 atom stereocenters. The summed E-state index contributed by atoms with van der Waals surface area (Å²) < 4.78 is 47.5. The predicted molar refractivity (Wildman–Crippen MR) is 238 cm³/mol. The Kier molecular flexibility index (Phi) is 34.5. The number of carbonyl (C=O) groups excluding carboxylic acids is 1. The fourth-order valence-electron chi connectivity index (χ4n) is 7.24. The van der Waals surface area contributed by atoms with Gasteiger partial charge in [0.2, 0.25) is 5.91 Å². The summed E-state index contributed by atoms with van der Waals surface area (Å²) in [7, 11) is -5.12. The van der Waals surface area contributed by atoms with Crippen LogP contribution in [-0.2, 0) is 28.9 Å². The average Bonchev–Trinajstić information content (AvgIpc) is 3.22. The molecular formula is C46H85NO12S. The Balaban J connectivity index is 2.63. The van der Waals surface area contributed by atoms with Gasteiger partial charge in [-0.3, -0.25) is 9.35 Å². The highest BCUT2D eigenvalue weighted by atomic mass is 32.3. The van der Waals surface area contributed by atoms with E-state index < -0.39 is 78.5 Å². The van der Waals surface area contributed by atoms with E-state index in [0.717, 1.165) is 51.4 Å². The van der Waals surface area contributed by atoms with E-state index in [-0.39, 0.29) is 6.42 Å². The SMILES string of the molecule is CCCCCCCCC/C=C\CCCCCCC(O)C(=O)NC(COC1OC(CO)C(O)C(OS(=O)(=O)O)C1O)C(O)/C=C/CC/C=C/CCCCCCCCCCCC. The van der Waals surface area contributed by atoms with Gasteiger partial charge in [-0.15, -0.1) is 0 Å². The average molecular weight is 876 g/mol. The van der Waals surface area contributed by atoms with Crippen LogP contribution in [0.3, 0.4) is 0 Å². The lowest BCUT2D eigenvalue weighted by Crippen LogP contribution is -2.61. The van der Waals surface area contributed by atoms with Crippen LogP contribution in [0.5, 0.6) is 0 Å². The first-order valence-electron chi connectivity index (χ1n) is 23.5. The van der Waals surface area contributed by atoms with Crippen LogP contribution < -0.4 is 5.32 Å². The van der Waals surface area contributed by atoms with Gasteiger partial charge in [0, 0.05) is 0 Å². The van der Waals surface area contributed by atoms with Crippen LogP contribution in [0.25, 0.3) is 0 Å². The maximum absolute atomic E-state index is 13.1. The minimum atomic E-state index is -5.12. The smallest absolute Gasteiger partial charge is 0.394 e. The highest BCUT2D eigenvalue weighted by Gasteiger charge is 2.48. The van der Waals surface area contributed by atoms with E-state index in [1.54, 1.807) is 6.08 Å². The molecule has 0 aromatic rings. The van der Waals surface area contributed by atoms with Crippen molar-refractivity contribution >= 4 is 16.3 Å². The molecule has 352 valence electrons. The number of ether oxygens (including phenoxy) is 2. The van der Waals surface area contributed by atoms with Crippen molar-refractivity contribution in [2.45, 2.75) is 236 Å². The number of nitrogens with one attached hydrogen (secondary N) is 1. The first-order valence-corrected chi connectivity index (χ1v) is 24.8. The minimum Gasteiger partial charge on any atom is -0.394 e. The summed E-state index contributed by atoms with van der Waals surface area (Å²) in [6, 6.07) is -1.14. The first-order chi connectivity index (χ1) is 28.9. The van der Waals surface area contributed by atoms with Gasteiger partial charge in [-0.05, 0) is 57.8 Å². The molecule has 1 aliphatic rings. The Labute approximate surface area is 363 Å². The van der Waals surface area contributed by atoms with Crippen LogP contribution in [0.2, 0.25) is 0 Å². The molecule has 1 rings (SSSR count). The standard InChI is InChI=1S/C46H85NO12S/c1-3-5-7-9-11-13-15-17-19-21-22-24-26-28-30-32-34-39(49)38(37-57-46-43(52)44(59-60(54,55)56)42(51)41(36-48)58-46)47-45(53)40(50)35-33-31-29-27-25-23-20-18-16-14-12-10-8-6-4-2/h20,23-24,26,32,34,38-44,46,48-52H,3-19,21-22,25,27-31,33,35-37H2,1-2H3,(H,47,53)(H,54,55,56)/b23-20-,26-24+,34-32+. The van der Waals surface area contributed by atoms with Crippen molar-refractivity contribution in [2.75, 3.05) is 13.2 Å². The van der Waals surface area contributed by atoms with E-state index in [1.807, 2.05) is 0 Å². The lowest BCUT2D eigenvalue weighted by atomic mass is 9.99. The highest BCUT2D eigenvalue weighted by Crippen LogP contribution is 2.26. The van der Waals surface area contributed by atoms with Crippen LogP contribution >= 0.6 is 0 Å². The molecule has 0 bridgehead atoms. The van der Waals surface area contributed by atoms with Gasteiger partial charge in [0.25, 0.3) is 0 Å². The Morgan fingerprint density at radius 2 is 1.12 bits per heavy atom. The van der Waals surface area contributed by atoms with E-state index in [2.05, 4.69) is 47.7 Å². The molecule has 0 aliphatic carbocycles. The number of amides is 1. The first kappa shape index (κ1) is 56.3. The summed E-state index contributed by atoms with van der Waals surface area (Å²) in [5.41, 5.74) is 0. The lowest BCUT2D eigenvalue weighted by Gasteiger charge is -2.41. The monoisotopic (exact) mass is 876 g/mol. The van der Waals surface area contributed by atoms with Gasteiger partial charge < -0.3 is 40.3 Å². The van der Waals surface area contributed by atoms with Crippen molar-refractivity contribution in [3.8, 4) is 0 Å². The maximum atomic E-state index is 13.1. The number of unbranched alkanes of at least 4 members (excludes halogenated alkanes) is 22. The van der Waals surface area contributed by atoms with Crippen LogP contribution in [0, 0.1) is 0 Å². The molecule has 13 nitrogen and oxygen atoms in total. The van der Waals surface area contributed by atoms with Crippen LogP contribution in [0.1, 0.15) is 187 Å². The van der Waals surface area contributed by atoms with Crippen molar-refractivity contribution in [1.29, 1.82) is 0 Å². The molecule has 14 heteroatoms. The van der Waals surface area contributed by atoms with Gasteiger partial charge in [0.05, 0.1) is 25.4 Å². The molecule has 0 radical (unpaired) electrons. The van der Waals surface area contributed by atoms with Crippen molar-refractivity contribution < 1.29 is 57.0 Å². The van der Waals surface area contributed by atoms with Crippen molar-refractivity contribution in [1.82, 2.24) is 5.32 Å². The molecule has 0 aromatic carbocycles. The molecule has 60 heavy (non-hydrogen) atoms. The topological polar surface area (TPSA) is 212 Å². The number of rotatable bonds is 39. The van der Waals surface area contributed by atoms with E-state index in [1.165, 1.54) is 109 Å². The summed E-state index contributed by atoms with van der Waals surface area (Å²) in [5.74, 6) is -0.722. The van der Waals surface area contributed by atoms with E-state index in [9.17, 15) is 43.3 Å². The Morgan fingerprint density at radius 3 is 1.60 bits per heavy atom. The molecule has 0 spiro atoms. The van der Waals surface area contributed by atoms with Gasteiger partial charge in [-0.25, -0.2) is 4.18 Å². The molecular weight excluding hydrogens is 791 g/mol. The second-order valence-corrected chi connectivity index (χ2v) is 17.5. The van der Waals surface area contributed by atoms with Gasteiger partial charge >= 0.3 is 10.4 Å². The van der Waals surface area contributed by atoms with Gasteiger partial charge in [0.15, 0.2) is 6.29 Å². The van der Waals surface area contributed by atoms with E-state index in [4.69, 9.17) is 9.47 Å². The third kappa shape index (κ3) is 28.8. The number of allylic oxidation sites excluding steroid dienone is 5. The fraction of sp³-hybridized carbons (Fsp3) is 0.848. The van der Waals surface area contributed by atoms with Gasteiger partial charge in [-0.1, -0.05) is 166 Å². The largest absolute Gasteiger partial charge is 0.397 e. The summed E-state index contributed by atoms with van der Waals surface area (Å²) in [6.45, 7) is 3.18.